The summed E-state index contributed by atoms with van der Waals surface area (Å²) < 4.78 is 4.48. The lowest BCUT2D eigenvalue weighted by molar-refractivity contribution is -0.645. The van der Waals surface area contributed by atoms with E-state index in [9.17, 15) is 0 Å². The summed E-state index contributed by atoms with van der Waals surface area (Å²) in [5, 5.41) is 0. The predicted octanol–water partition coefficient (Wildman–Crippen LogP) is -0.173. The Labute approximate surface area is 119 Å². The molecule has 0 radical (unpaired) electrons. The minimum atomic E-state index is 0. The quantitative estimate of drug-likeness (QED) is 0.573. The van der Waals surface area contributed by atoms with Crippen molar-refractivity contribution in [3.8, 4) is 0 Å². The average molecular weight is 273 g/mol. The largest absolute Gasteiger partial charge is 1.00 e. The van der Waals surface area contributed by atoms with E-state index >= 15 is 0 Å². The number of benzene rings is 2. The maximum absolute atomic E-state index is 2.30. The first-order chi connectivity index (χ1) is 8.75. The molecule has 0 unspecified atom stereocenters. The number of hydrogen-bond acceptors (Lipinski definition) is 0. The average Bonchev–Trinajstić information content (AvgIpc) is 2.70. The Morgan fingerprint density at radius 2 is 1.68 bits per heavy atom. The van der Waals surface area contributed by atoms with E-state index in [1.165, 1.54) is 22.2 Å². The van der Waals surface area contributed by atoms with Crippen molar-refractivity contribution in [2.24, 2.45) is 7.05 Å². The zero-order valence-corrected chi connectivity index (χ0v) is 11.9. The van der Waals surface area contributed by atoms with Crippen LogP contribution in [-0.4, -0.2) is 4.57 Å². The van der Waals surface area contributed by atoms with Crippen LogP contribution in [0.5, 0.6) is 0 Å². The zero-order valence-electron chi connectivity index (χ0n) is 11.2. The SMILES string of the molecule is Cc1ccccc1Cn1c[n+](C)c2ccccc21.[Cl-]. The molecule has 0 atom stereocenters. The van der Waals surface area contributed by atoms with E-state index in [0.29, 0.717) is 0 Å². The van der Waals surface area contributed by atoms with Crippen LogP contribution < -0.4 is 17.0 Å². The van der Waals surface area contributed by atoms with Crippen LogP contribution in [0.2, 0.25) is 0 Å². The van der Waals surface area contributed by atoms with E-state index in [-0.39, 0.29) is 12.4 Å². The van der Waals surface area contributed by atoms with Crippen molar-refractivity contribution in [3.63, 3.8) is 0 Å². The summed E-state index contributed by atoms with van der Waals surface area (Å²) in [7, 11) is 2.09. The normalized spacial score (nSPS) is 10.4. The molecule has 0 bridgehead atoms. The first-order valence-electron chi connectivity index (χ1n) is 6.24. The van der Waals surface area contributed by atoms with Crippen molar-refractivity contribution in [1.82, 2.24) is 4.57 Å². The number of rotatable bonds is 2. The molecule has 0 saturated carbocycles. The molecule has 98 valence electrons. The van der Waals surface area contributed by atoms with Gasteiger partial charge in [0.2, 0.25) is 6.33 Å². The van der Waals surface area contributed by atoms with Crippen LogP contribution in [0.15, 0.2) is 54.9 Å². The summed E-state index contributed by atoms with van der Waals surface area (Å²) in [5.74, 6) is 0. The molecule has 0 saturated heterocycles. The van der Waals surface area contributed by atoms with Gasteiger partial charge < -0.3 is 12.4 Å². The second-order valence-electron chi connectivity index (χ2n) is 4.77. The Kier molecular flexibility index (Phi) is 3.91. The molecule has 2 nitrogen and oxygen atoms in total. The van der Waals surface area contributed by atoms with Crippen molar-refractivity contribution >= 4 is 11.0 Å². The van der Waals surface area contributed by atoms with Gasteiger partial charge in [0.1, 0.15) is 6.54 Å². The monoisotopic (exact) mass is 272 g/mol. The first-order valence-corrected chi connectivity index (χ1v) is 6.24. The molecule has 19 heavy (non-hydrogen) atoms. The number of aromatic nitrogens is 2. The van der Waals surface area contributed by atoms with Crippen molar-refractivity contribution in [2.75, 3.05) is 0 Å². The Morgan fingerprint density at radius 3 is 2.47 bits per heavy atom. The predicted molar refractivity (Wildman–Crippen MR) is 73.4 cm³/mol. The van der Waals surface area contributed by atoms with E-state index in [2.05, 4.69) is 78.0 Å². The lowest BCUT2D eigenvalue weighted by Crippen LogP contribution is -3.00. The molecule has 0 N–H and O–H groups in total. The number of hydrogen-bond donors (Lipinski definition) is 0. The molecule has 0 aliphatic carbocycles. The molecular formula is C16H17ClN2. The third-order valence-corrected chi connectivity index (χ3v) is 3.49. The highest BCUT2D eigenvalue weighted by Crippen LogP contribution is 2.14. The van der Waals surface area contributed by atoms with Crippen LogP contribution in [0, 0.1) is 6.92 Å². The van der Waals surface area contributed by atoms with Crippen molar-refractivity contribution in [3.05, 3.63) is 66.0 Å². The molecule has 3 heteroatoms. The fraction of sp³-hybridized carbons (Fsp3) is 0.188. The van der Waals surface area contributed by atoms with Crippen LogP contribution in [0.3, 0.4) is 0 Å². The maximum atomic E-state index is 2.30. The van der Waals surface area contributed by atoms with Gasteiger partial charge in [0, 0.05) is 0 Å². The molecular weight excluding hydrogens is 256 g/mol. The van der Waals surface area contributed by atoms with Crippen LogP contribution in [-0.2, 0) is 13.6 Å². The minimum absolute atomic E-state index is 0. The summed E-state index contributed by atoms with van der Waals surface area (Å²) >= 11 is 0. The smallest absolute Gasteiger partial charge is 0.244 e. The summed E-state index contributed by atoms with van der Waals surface area (Å²) in [5.41, 5.74) is 5.27. The van der Waals surface area contributed by atoms with Gasteiger partial charge in [0.05, 0.1) is 7.05 Å². The molecule has 3 aromatic rings. The highest BCUT2D eigenvalue weighted by Gasteiger charge is 2.12. The van der Waals surface area contributed by atoms with Gasteiger partial charge >= 0.3 is 0 Å². The van der Waals surface area contributed by atoms with Crippen molar-refractivity contribution in [1.29, 1.82) is 0 Å². The lowest BCUT2D eigenvalue weighted by atomic mass is 10.1. The van der Waals surface area contributed by atoms with Gasteiger partial charge in [0.25, 0.3) is 0 Å². The van der Waals surface area contributed by atoms with Crippen LogP contribution in [0.25, 0.3) is 11.0 Å². The highest BCUT2D eigenvalue weighted by atomic mass is 35.5. The molecule has 0 spiro atoms. The Hall–Kier alpha value is -1.80. The Balaban J connectivity index is 0.00000133. The highest BCUT2D eigenvalue weighted by molar-refractivity contribution is 5.71. The summed E-state index contributed by atoms with van der Waals surface area (Å²) in [6.07, 6.45) is 2.16. The molecule has 3 rings (SSSR count). The lowest BCUT2D eigenvalue weighted by Gasteiger charge is -2.02. The maximum Gasteiger partial charge on any atom is 0.244 e. The number of imidazole rings is 1. The molecule has 0 fully saturated rings. The summed E-state index contributed by atoms with van der Waals surface area (Å²) in [6.45, 7) is 3.09. The molecule has 0 amide bonds. The van der Waals surface area contributed by atoms with E-state index in [1.54, 1.807) is 0 Å². The first kappa shape index (κ1) is 13.6. The molecule has 2 aromatic carbocycles. The van der Waals surface area contributed by atoms with Gasteiger partial charge in [-0.3, -0.25) is 0 Å². The standard InChI is InChI=1S/C16H17N2.ClH/c1-13-7-3-4-8-14(13)11-18-12-17(2)15-9-5-6-10-16(15)18;/h3-10,12H,11H2,1-2H3;1H/q+1;/p-1. The zero-order chi connectivity index (χ0) is 12.5. The van der Waals surface area contributed by atoms with Crippen LogP contribution in [0.4, 0.5) is 0 Å². The molecule has 0 aliphatic rings. The fourth-order valence-corrected chi connectivity index (χ4v) is 2.44. The molecule has 1 heterocycles. The van der Waals surface area contributed by atoms with E-state index in [1.807, 2.05) is 0 Å². The number of halogens is 1. The van der Waals surface area contributed by atoms with Crippen molar-refractivity contribution in [2.45, 2.75) is 13.5 Å². The Morgan fingerprint density at radius 1 is 1.00 bits per heavy atom. The number of para-hydroxylation sites is 2. The van der Waals surface area contributed by atoms with Crippen LogP contribution in [0.1, 0.15) is 11.1 Å². The van der Waals surface area contributed by atoms with Gasteiger partial charge in [-0.05, 0) is 30.2 Å². The Bertz CT molecular complexity index is 701. The third-order valence-electron chi connectivity index (χ3n) is 3.49. The van der Waals surface area contributed by atoms with Gasteiger partial charge in [-0.25, -0.2) is 9.13 Å². The van der Waals surface area contributed by atoms with Gasteiger partial charge in [-0.1, -0.05) is 36.4 Å². The number of fused-ring (bicyclic) bond motifs is 1. The summed E-state index contributed by atoms with van der Waals surface area (Å²) in [4.78, 5) is 0. The molecule has 1 aromatic heterocycles. The van der Waals surface area contributed by atoms with Crippen LogP contribution >= 0.6 is 0 Å². The summed E-state index contributed by atoms with van der Waals surface area (Å²) in [6, 6.07) is 17.1. The van der Waals surface area contributed by atoms with Gasteiger partial charge in [0.15, 0.2) is 11.0 Å². The minimum Gasteiger partial charge on any atom is -1.00 e. The van der Waals surface area contributed by atoms with E-state index < -0.39 is 0 Å². The second-order valence-corrected chi connectivity index (χ2v) is 4.77. The topological polar surface area (TPSA) is 8.81 Å². The number of aryl methyl sites for hydroxylation is 2. The second kappa shape index (κ2) is 5.45. The van der Waals surface area contributed by atoms with Gasteiger partial charge in [-0.15, -0.1) is 0 Å². The van der Waals surface area contributed by atoms with Gasteiger partial charge in [-0.2, -0.15) is 0 Å². The number of nitrogens with zero attached hydrogens (tertiary/aromatic N) is 2. The van der Waals surface area contributed by atoms with Crippen molar-refractivity contribution < 1.29 is 17.0 Å². The fourth-order valence-electron chi connectivity index (χ4n) is 2.44. The van der Waals surface area contributed by atoms with E-state index in [4.69, 9.17) is 0 Å². The van der Waals surface area contributed by atoms with E-state index in [0.717, 1.165) is 6.54 Å². The molecule has 0 aliphatic heterocycles. The third kappa shape index (κ3) is 2.49.